The summed E-state index contributed by atoms with van der Waals surface area (Å²) < 4.78 is 13.1. The summed E-state index contributed by atoms with van der Waals surface area (Å²) in [5.74, 6) is -0.574. The molecule has 4 atom stereocenters. The molecule has 0 aliphatic carbocycles. The van der Waals surface area contributed by atoms with E-state index in [1.165, 1.54) is 0 Å². The van der Waals surface area contributed by atoms with Gasteiger partial charge in [-0.1, -0.05) is 85.4 Å². The Hall–Kier alpha value is -4.09. The van der Waals surface area contributed by atoms with Crippen LogP contribution in [0.5, 0.6) is 0 Å². The summed E-state index contributed by atoms with van der Waals surface area (Å²) in [6, 6.07) is 25.6. The van der Waals surface area contributed by atoms with Crippen molar-refractivity contribution in [2.75, 3.05) is 5.75 Å². The van der Waals surface area contributed by atoms with Crippen LogP contribution >= 0.6 is 11.8 Å². The van der Waals surface area contributed by atoms with Crippen LogP contribution < -0.4 is 5.32 Å². The number of aromatic nitrogens is 2. The molecule has 2 heterocycles. The van der Waals surface area contributed by atoms with Crippen LogP contribution in [0.1, 0.15) is 54.4 Å². The van der Waals surface area contributed by atoms with Gasteiger partial charge in [0.1, 0.15) is 0 Å². The lowest BCUT2D eigenvalue weighted by atomic mass is 9.91. The maximum absolute atomic E-state index is 11.9. The number of hydrogen-bond acceptors (Lipinski definition) is 8. The van der Waals surface area contributed by atoms with Crippen molar-refractivity contribution in [1.82, 2.24) is 15.3 Å². The Labute approximate surface area is 260 Å². The quantitative estimate of drug-likeness (QED) is 0.136. The van der Waals surface area contributed by atoms with Crippen molar-refractivity contribution in [2.45, 2.75) is 56.6 Å². The number of thioether (sulfide) groups is 1. The minimum Gasteiger partial charge on any atom is -0.481 e. The van der Waals surface area contributed by atoms with Gasteiger partial charge in [0.15, 0.2) is 11.4 Å². The lowest BCUT2D eigenvalue weighted by molar-refractivity contribution is -0.268. The number of benzene rings is 3. The summed E-state index contributed by atoms with van der Waals surface area (Å²) in [5.41, 5.74) is 5.68. The fourth-order valence-electron chi connectivity index (χ4n) is 5.03. The number of carboxylic acids is 1. The van der Waals surface area contributed by atoms with E-state index in [0.29, 0.717) is 17.5 Å². The molecule has 228 valence electrons. The maximum atomic E-state index is 11.9. The van der Waals surface area contributed by atoms with Gasteiger partial charge in [-0.15, -0.1) is 0 Å². The Kier molecular flexibility index (Phi) is 10.7. The predicted octanol–water partition coefficient (Wildman–Crippen LogP) is 5.70. The molecule has 3 N–H and O–H groups in total. The van der Waals surface area contributed by atoms with Gasteiger partial charge in [-0.3, -0.25) is 9.59 Å². The van der Waals surface area contributed by atoms with Gasteiger partial charge in [-0.25, -0.2) is 9.97 Å². The third kappa shape index (κ3) is 8.29. The highest BCUT2D eigenvalue weighted by Gasteiger charge is 2.38. The third-order valence-electron chi connectivity index (χ3n) is 7.54. The minimum atomic E-state index is -0.993. The number of aliphatic hydroxyl groups excluding tert-OH is 1. The van der Waals surface area contributed by atoms with Crippen molar-refractivity contribution in [2.24, 2.45) is 5.92 Å². The summed E-state index contributed by atoms with van der Waals surface area (Å²) in [7, 11) is 0. The highest BCUT2D eigenvalue weighted by atomic mass is 32.2. The van der Waals surface area contributed by atoms with Crippen molar-refractivity contribution in [3.8, 4) is 11.1 Å². The zero-order valence-corrected chi connectivity index (χ0v) is 25.2. The highest BCUT2D eigenvalue weighted by molar-refractivity contribution is 7.99. The molecular weight excluding hydrogens is 578 g/mol. The van der Waals surface area contributed by atoms with Crippen LogP contribution in [-0.2, 0) is 32.2 Å². The first kappa shape index (κ1) is 31.3. The van der Waals surface area contributed by atoms with E-state index in [1.54, 1.807) is 30.2 Å². The Morgan fingerprint density at radius 2 is 1.59 bits per heavy atom. The number of carbonyl (C=O) groups is 2. The van der Waals surface area contributed by atoms with E-state index in [-0.39, 0.29) is 43.5 Å². The normalized spacial score (nSPS) is 19.8. The fraction of sp³-hybridized carbons (Fsp3) is 0.294. The molecule has 4 unspecified atom stereocenters. The smallest absolute Gasteiger partial charge is 0.303 e. The number of carboxylic acid groups (broad SMARTS) is 1. The van der Waals surface area contributed by atoms with Gasteiger partial charge in [0, 0.05) is 42.6 Å². The molecule has 0 radical (unpaired) electrons. The molecule has 1 fully saturated rings. The number of hydrogen-bond donors (Lipinski definition) is 3. The molecule has 3 aromatic carbocycles. The zero-order valence-electron chi connectivity index (χ0n) is 24.3. The van der Waals surface area contributed by atoms with Gasteiger partial charge in [0.2, 0.25) is 5.91 Å². The highest BCUT2D eigenvalue weighted by Crippen LogP contribution is 2.43. The lowest BCUT2D eigenvalue weighted by Gasteiger charge is -2.41. The van der Waals surface area contributed by atoms with Crippen LogP contribution in [0.3, 0.4) is 0 Å². The van der Waals surface area contributed by atoms with Crippen LogP contribution in [0.25, 0.3) is 11.1 Å². The molecule has 1 saturated heterocycles. The summed E-state index contributed by atoms with van der Waals surface area (Å²) in [6.07, 6.45) is 2.29. The second-order valence-corrected chi connectivity index (χ2v) is 11.6. The Morgan fingerprint density at radius 1 is 0.864 bits per heavy atom. The predicted molar refractivity (Wildman–Crippen MR) is 166 cm³/mol. The average molecular weight is 614 g/mol. The van der Waals surface area contributed by atoms with E-state index in [2.05, 4.69) is 22.2 Å². The SMILES string of the molecule is CC1C(CSc2ncccn2)OC(c2ccc(-c3cccc(CNC(=O)CCC(=O)O)c3)cc2)OC1c1ccc(CO)cc1. The first-order valence-corrected chi connectivity index (χ1v) is 15.5. The van der Waals surface area contributed by atoms with Gasteiger partial charge < -0.3 is 25.0 Å². The number of carbonyl (C=O) groups excluding carboxylic acids is 1. The summed E-state index contributed by atoms with van der Waals surface area (Å²) in [4.78, 5) is 31.3. The summed E-state index contributed by atoms with van der Waals surface area (Å²) in [5, 5.41) is 21.8. The monoisotopic (exact) mass is 613 g/mol. The van der Waals surface area contributed by atoms with E-state index in [4.69, 9.17) is 14.6 Å². The van der Waals surface area contributed by atoms with Crippen molar-refractivity contribution in [3.05, 3.63) is 114 Å². The molecule has 10 heteroatoms. The number of aliphatic carboxylic acids is 1. The standard InChI is InChI=1S/C34H35N3O6S/c1-22-29(21-44-34-35-16-3-17-36-34)42-33(43-32(22)26-8-6-23(20-38)7-9-26)27-12-10-25(11-13-27)28-5-2-4-24(18-28)19-37-30(39)14-15-31(40)41/h2-13,16-18,22,29,32-33,38H,14-15,19-21H2,1H3,(H,37,39)(H,40,41). The zero-order chi connectivity index (χ0) is 30.9. The van der Waals surface area contributed by atoms with Gasteiger partial charge in [-0.2, -0.15) is 0 Å². The number of amides is 1. The van der Waals surface area contributed by atoms with Crippen molar-refractivity contribution < 1.29 is 29.3 Å². The van der Waals surface area contributed by atoms with Crippen LogP contribution in [0.15, 0.2) is 96.4 Å². The van der Waals surface area contributed by atoms with Crippen LogP contribution in [0, 0.1) is 5.92 Å². The van der Waals surface area contributed by atoms with E-state index in [0.717, 1.165) is 33.4 Å². The molecule has 1 aliphatic rings. The van der Waals surface area contributed by atoms with E-state index in [9.17, 15) is 14.7 Å². The second kappa shape index (κ2) is 15.1. The molecule has 1 aromatic heterocycles. The molecule has 1 aliphatic heterocycles. The number of nitrogens with zero attached hydrogens (tertiary/aromatic N) is 2. The minimum absolute atomic E-state index is 0.0138. The van der Waals surface area contributed by atoms with Gasteiger partial charge in [0.05, 0.1) is 25.2 Å². The number of nitrogens with one attached hydrogen (secondary N) is 1. The van der Waals surface area contributed by atoms with E-state index in [1.807, 2.05) is 72.8 Å². The van der Waals surface area contributed by atoms with Crippen LogP contribution in [0.4, 0.5) is 0 Å². The Bertz CT molecular complexity index is 1540. The first-order valence-electron chi connectivity index (χ1n) is 14.5. The van der Waals surface area contributed by atoms with E-state index < -0.39 is 12.3 Å². The molecule has 9 nitrogen and oxygen atoms in total. The molecule has 0 bridgehead atoms. The molecule has 0 spiro atoms. The molecule has 4 aromatic rings. The Balaban J connectivity index is 1.31. The number of aliphatic hydroxyl groups is 1. The number of rotatable bonds is 12. The molecule has 44 heavy (non-hydrogen) atoms. The van der Waals surface area contributed by atoms with Gasteiger partial charge in [-0.05, 0) is 39.9 Å². The van der Waals surface area contributed by atoms with Gasteiger partial charge >= 0.3 is 5.97 Å². The summed E-state index contributed by atoms with van der Waals surface area (Å²) >= 11 is 1.55. The maximum Gasteiger partial charge on any atom is 0.303 e. The average Bonchev–Trinajstić information content (AvgIpc) is 3.06. The van der Waals surface area contributed by atoms with Gasteiger partial charge in [0.25, 0.3) is 0 Å². The number of ether oxygens (including phenoxy) is 2. The largest absolute Gasteiger partial charge is 0.481 e. The molecule has 0 saturated carbocycles. The van der Waals surface area contributed by atoms with Crippen molar-refractivity contribution in [1.29, 1.82) is 0 Å². The molecule has 5 rings (SSSR count). The summed E-state index contributed by atoms with van der Waals surface area (Å²) in [6.45, 7) is 2.43. The van der Waals surface area contributed by atoms with Crippen molar-refractivity contribution >= 4 is 23.6 Å². The Morgan fingerprint density at radius 3 is 2.30 bits per heavy atom. The molecule has 1 amide bonds. The topological polar surface area (TPSA) is 131 Å². The molecular formula is C34H35N3O6S. The lowest BCUT2D eigenvalue weighted by Crippen LogP contribution is -2.38. The fourth-order valence-corrected chi connectivity index (χ4v) is 6.00. The third-order valence-corrected chi connectivity index (χ3v) is 8.51. The van der Waals surface area contributed by atoms with E-state index >= 15 is 0 Å². The first-order chi connectivity index (χ1) is 21.4. The van der Waals surface area contributed by atoms with Crippen molar-refractivity contribution in [3.63, 3.8) is 0 Å². The van der Waals surface area contributed by atoms with Crippen LogP contribution in [0.2, 0.25) is 0 Å². The van der Waals surface area contributed by atoms with Crippen LogP contribution in [-0.4, -0.2) is 43.9 Å². The second-order valence-electron chi connectivity index (χ2n) is 10.7.